The number of likely N-dealkylation sites (tertiary alicyclic amines) is 1. The van der Waals surface area contributed by atoms with Crippen LogP contribution in [0.2, 0.25) is 0 Å². The molecule has 1 aromatic rings. The maximum Gasteiger partial charge on any atom is 0.272 e. The number of piperidine rings is 1. The number of carbonyl (C=O) groups is 2. The Morgan fingerprint density at radius 2 is 2.04 bits per heavy atom. The Kier molecular flexibility index (Phi) is 3.90. The van der Waals surface area contributed by atoms with Crippen molar-refractivity contribution in [2.45, 2.75) is 18.6 Å². The van der Waals surface area contributed by atoms with Crippen molar-refractivity contribution >= 4 is 27.7 Å². The summed E-state index contributed by atoms with van der Waals surface area (Å²) in [6, 6.07) is 11.0. The average molecular weight is 441 g/mol. The molecule has 0 atom stereocenters. The molecule has 1 fully saturated rings. The number of hydrogen-bond acceptors (Lipinski definition) is 4. The number of aromatic nitrogens is 2. The Hall–Kier alpha value is -2.87. The van der Waals surface area contributed by atoms with Gasteiger partial charge in [0.25, 0.3) is 11.8 Å². The predicted molar refractivity (Wildman–Crippen MR) is 105 cm³/mol. The fourth-order valence-electron chi connectivity index (χ4n) is 3.80. The van der Waals surface area contributed by atoms with E-state index in [0.717, 1.165) is 10.0 Å². The third kappa shape index (κ3) is 2.84. The molecule has 142 valence electrons. The molecular formula is C20H17BrN4O3. The van der Waals surface area contributed by atoms with Gasteiger partial charge in [-0.05, 0) is 36.4 Å². The van der Waals surface area contributed by atoms with Gasteiger partial charge in [-0.1, -0.05) is 15.9 Å². The van der Waals surface area contributed by atoms with Crippen LogP contribution in [0.1, 0.15) is 33.7 Å². The van der Waals surface area contributed by atoms with Gasteiger partial charge in [-0.3, -0.25) is 9.59 Å². The number of H-pyrrole nitrogens is 1. The third-order valence-electron chi connectivity index (χ3n) is 5.30. The van der Waals surface area contributed by atoms with E-state index in [-0.39, 0.29) is 11.8 Å². The topological polar surface area (TPSA) is 87.3 Å². The van der Waals surface area contributed by atoms with E-state index in [0.29, 0.717) is 48.8 Å². The van der Waals surface area contributed by atoms with Gasteiger partial charge in [-0.25, -0.2) is 4.98 Å². The van der Waals surface area contributed by atoms with E-state index in [9.17, 15) is 9.59 Å². The minimum absolute atomic E-state index is 0.106. The molecule has 4 aliphatic rings. The quantitative estimate of drug-likeness (QED) is 0.608. The highest BCUT2D eigenvalue weighted by atomic mass is 79.9. The van der Waals surface area contributed by atoms with Gasteiger partial charge in [-0.15, -0.1) is 0 Å². The van der Waals surface area contributed by atoms with Crippen molar-refractivity contribution in [2.75, 3.05) is 13.1 Å². The van der Waals surface area contributed by atoms with Crippen molar-refractivity contribution in [3.63, 3.8) is 0 Å². The normalized spacial score (nSPS) is 17.9. The first-order chi connectivity index (χ1) is 13.5. The van der Waals surface area contributed by atoms with Gasteiger partial charge in [-0.2, -0.15) is 0 Å². The SMILES string of the molecule is O=C1NC2(CCN(C(=O)c3cc4ccc[nH]c-4n3)CC2)Oc2ccc(Br)cc21. The summed E-state index contributed by atoms with van der Waals surface area (Å²) in [6.07, 6.45) is 2.83. The molecule has 0 bridgehead atoms. The molecule has 0 unspecified atom stereocenters. The van der Waals surface area contributed by atoms with E-state index in [1.165, 1.54) is 0 Å². The number of nitrogens with zero attached hydrogens (tertiary/aromatic N) is 2. The van der Waals surface area contributed by atoms with Crippen molar-refractivity contribution in [2.24, 2.45) is 0 Å². The van der Waals surface area contributed by atoms with Crippen LogP contribution in [0.15, 0.2) is 47.1 Å². The highest BCUT2D eigenvalue weighted by Gasteiger charge is 2.43. The molecule has 1 aromatic carbocycles. The number of fused-ring (bicyclic) bond motifs is 2. The van der Waals surface area contributed by atoms with Gasteiger partial charge in [0.1, 0.15) is 17.3 Å². The summed E-state index contributed by atoms with van der Waals surface area (Å²) < 4.78 is 6.98. The lowest BCUT2D eigenvalue weighted by molar-refractivity contribution is -0.0246. The van der Waals surface area contributed by atoms with E-state index >= 15 is 0 Å². The second-order valence-corrected chi connectivity index (χ2v) is 8.01. The zero-order valence-corrected chi connectivity index (χ0v) is 16.5. The molecule has 8 heteroatoms. The standard InChI is InChI=1S/C20H17BrN4O3/c21-13-3-4-16-14(11-13)18(26)24-20(28-16)5-8-25(9-6-20)19(27)15-10-12-2-1-7-22-17(12)23-15/h1-4,7,10-11H,5-6,8-9H2,(H,22,23)(H,24,26). The second-order valence-electron chi connectivity index (χ2n) is 7.10. The molecule has 28 heavy (non-hydrogen) atoms. The molecule has 0 radical (unpaired) electrons. The van der Waals surface area contributed by atoms with Crippen molar-refractivity contribution in [3.05, 3.63) is 58.3 Å². The first-order valence-corrected chi connectivity index (χ1v) is 9.87. The molecule has 1 spiro atoms. The average Bonchev–Trinajstić information content (AvgIpc) is 3.13. The Labute approximate surface area is 169 Å². The van der Waals surface area contributed by atoms with Gasteiger partial charge >= 0.3 is 0 Å². The molecule has 2 N–H and O–H groups in total. The van der Waals surface area contributed by atoms with Gasteiger partial charge in [0.2, 0.25) is 0 Å². The molecular weight excluding hydrogens is 424 g/mol. The minimum atomic E-state index is -0.771. The van der Waals surface area contributed by atoms with Crippen LogP contribution in [0.25, 0.3) is 11.4 Å². The third-order valence-corrected chi connectivity index (χ3v) is 5.79. The lowest BCUT2D eigenvalue weighted by atomic mass is 9.96. The summed E-state index contributed by atoms with van der Waals surface area (Å²) in [5, 5.41) is 3.00. The number of pyridine rings is 1. The van der Waals surface area contributed by atoms with Crippen LogP contribution in [0.4, 0.5) is 0 Å². The maximum absolute atomic E-state index is 12.9. The molecule has 4 heterocycles. The number of aromatic amines is 1. The summed E-state index contributed by atoms with van der Waals surface area (Å²) in [7, 11) is 0. The Bertz CT molecular complexity index is 1030. The van der Waals surface area contributed by atoms with Crippen LogP contribution in [-0.4, -0.2) is 45.5 Å². The largest absolute Gasteiger partial charge is 0.467 e. The number of carbonyl (C=O) groups excluding carboxylic acids is 2. The monoisotopic (exact) mass is 440 g/mol. The van der Waals surface area contributed by atoms with Crippen LogP contribution in [0.3, 0.4) is 0 Å². The van der Waals surface area contributed by atoms with Crippen LogP contribution in [0, 0.1) is 0 Å². The first-order valence-electron chi connectivity index (χ1n) is 9.08. The number of amides is 2. The van der Waals surface area contributed by atoms with E-state index < -0.39 is 5.72 Å². The highest BCUT2D eigenvalue weighted by Crippen LogP contribution is 2.35. The van der Waals surface area contributed by atoms with Crippen molar-refractivity contribution in [3.8, 4) is 17.1 Å². The fourth-order valence-corrected chi connectivity index (χ4v) is 4.16. The Morgan fingerprint density at radius 3 is 2.82 bits per heavy atom. The lowest BCUT2D eigenvalue weighted by Gasteiger charge is -2.44. The van der Waals surface area contributed by atoms with Crippen LogP contribution < -0.4 is 10.1 Å². The van der Waals surface area contributed by atoms with E-state index in [1.54, 1.807) is 29.3 Å². The molecule has 0 aromatic heterocycles. The van der Waals surface area contributed by atoms with Crippen LogP contribution in [-0.2, 0) is 0 Å². The minimum Gasteiger partial charge on any atom is -0.467 e. The Morgan fingerprint density at radius 1 is 1.21 bits per heavy atom. The van der Waals surface area contributed by atoms with Crippen molar-refractivity contribution in [1.82, 2.24) is 20.2 Å². The molecule has 4 aliphatic heterocycles. The number of hydrogen-bond donors (Lipinski definition) is 2. The fraction of sp³-hybridized carbons (Fsp3) is 0.250. The smallest absolute Gasteiger partial charge is 0.272 e. The number of rotatable bonds is 1. The lowest BCUT2D eigenvalue weighted by Crippen LogP contribution is -2.61. The van der Waals surface area contributed by atoms with Crippen LogP contribution >= 0.6 is 15.9 Å². The zero-order valence-electron chi connectivity index (χ0n) is 14.9. The highest BCUT2D eigenvalue weighted by molar-refractivity contribution is 9.10. The molecule has 0 aliphatic carbocycles. The van der Waals surface area contributed by atoms with E-state index in [4.69, 9.17) is 4.74 Å². The first kappa shape index (κ1) is 17.2. The molecule has 7 nitrogen and oxygen atoms in total. The molecule has 5 rings (SSSR count). The van der Waals surface area contributed by atoms with Gasteiger partial charge in [0.05, 0.1) is 5.56 Å². The van der Waals surface area contributed by atoms with Gasteiger partial charge in [0, 0.05) is 42.2 Å². The summed E-state index contributed by atoms with van der Waals surface area (Å²) in [6.45, 7) is 0.968. The predicted octanol–water partition coefficient (Wildman–Crippen LogP) is 3.03. The molecule has 1 saturated heterocycles. The maximum atomic E-state index is 12.9. The Balaban J connectivity index is 1.32. The number of halogens is 1. The van der Waals surface area contributed by atoms with Gasteiger partial charge < -0.3 is 19.9 Å². The number of ether oxygens (including phenoxy) is 1. The summed E-state index contributed by atoms with van der Waals surface area (Å²) in [5.41, 5.74) is 1.08. The summed E-state index contributed by atoms with van der Waals surface area (Å²) >= 11 is 3.38. The van der Waals surface area contributed by atoms with Gasteiger partial charge in [0.15, 0.2) is 5.72 Å². The number of nitrogens with one attached hydrogen (secondary N) is 2. The second kappa shape index (κ2) is 6.34. The van der Waals surface area contributed by atoms with E-state index in [1.807, 2.05) is 18.2 Å². The van der Waals surface area contributed by atoms with Crippen molar-refractivity contribution in [1.29, 1.82) is 0 Å². The molecule has 0 saturated carbocycles. The number of benzene rings is 1. The summed E-state index contributed by atoms with van der Waals surface area (Å²) in [5.74, 6) is 1.02. The van der Waals surface area contributed by atoms with Crippen molar-refractivity contribution < 1.29 is 14.3 Å². The van der Waals surface area contributed by atoms with Crippen LogP contribution in [0.5, 0.6) is 5.75 Å². The summed E-state index contributed by atoms with van der Waals surface area (Å²) in [4.78, 5) is 34.6. The van der Waals surface area contributed by atoms with E-state index in [2.05, 4.69) is 31.2 Å². The zero-order chi connectivity index (χ0) is 19.3. The molecule has 2 amide bonds.